The van der Waals surface area contributed by atoms with E-state index in [9.17, 15) is 4.79 Å². The lowest BCUT2D eigenvalue weighted by Gasteiger charge is -2.17. The van der Waals surface area contributed by atoms with Gasteiger partial charge in [0.1, 0.15) is 0 Å². The van der Waals surface area contributed by atoms with Crippen molar-refractivity contribution in [3.05, 3.63) is 11.3 Å². The van der Waals surface area contributed by atoms with Crippen LogP contribution >= 0.6 is 0 Å². The average molecular weight is 194 g/mol. The minimum Gasteiger partial charge on any atom is -0.401 e. The van der Waals surface area contributed by atoms with Gasteiger partial charge in [-0.05, 0) is 19.3 Å². The van der Waals surface area contributed by atoms with Gasteiger partial charge in [0, 0.05) is 24.9 Å². The van der Waals surface area contributed by atoms with Crippen LogP contribution in [-0.4, -0.2) is 18.5 Å². The van der Waals surface area contributed by atoms with Gasteiger partial charge in [0.25, 0.3) is 0 Å². The zero-order chi connectivity index (χ0) is 10.6. The molecule has 2 N–H and O–H groups in total. The molecule has 0 bridgehead atoms. The average Bonchev–Trinajstić information content (AvgIpc) is 2.16. The fourth-order valence-electron chi connectivity index (χ4n) is 1.80. The molecule has 0 atom stereocenters. The Bertz CT molecular complexity index is 290. The van der Waals surface area contributed by atoms with Crippen LogP contribution in [0.5, 0.6) is 0 Å². The number of ketones is 1. The smallest absolute Gasteiger partial charge is 0.166 e. The monoisotopic (exact) mass is 194 g/mol. The van der Waals surface area contributed by atoms with Crippen molar-refractivity contribution in [2.75, 3.05) is 7.05 Å². The van der Waals surface area contributed by atoms with Crippen molar-refractivity contribution in [3.8, 4) is 0 Å². The maximum atomic E-state index is 11.7. The van der Waals surface area contributed by atoms with Crippen molar-refractivity contribution in [1.82, 2.24) is 0 Å². The lowest BCUT2D eigenvalue weighted by Crippen LogP contribution is -2.22. The first-order valence-electron chi connectivity index (χ1n) is 5.18. The topological polar surface area (TPSA) is 55.4 Å². The predicted octanol–water partition coefficient (Wildman–Crippen LogP) is 1.82. The molecule has 0 aromatic rings. The summed E-state index contributed by atoms with van der Waals surface area (Å²) >= 11 is 0. The molecular weight excluding hydrogens is 176 g/mol. The molecule has 3 nitrogen and oxygen atoms in total. The molecule has 0 amide bonds. The van der Waals surface area contributed by atoms with Crippen LogP contribution in [0.15, 0.2) is 16.3 Å². The van der Waals surface area contributed by atoms with Gasteiger partial charge in [0.2, 0.25) is 0 Å². The van der Waals surface area contributed by atoms with E-state index in [-0.39, 0.29) is 5.78 Å². The number of hydrogen-bond donors (Lipinski definition) is 1. The SMILES string of the molecule is CCCC(=NC)C1=C(N)CCCC1=O. The normalized spacial score (nSPS) is 19.0. The van der Waals surface area contributed by atoms with E-state index in [0.717, 1.165) is 37.1 Å². The van der Waals surface area contributed by atoms with Gasteiger partial charge in [0.05, 0.1) is 5.57 Å². The van der Waals surface area contributed by atoms with Crippen molar-refractivity contribution >= 4 is 11.5 Å². The summed E-state index contributed by atoms with van der Waals surface area (Å²) in [5.41, 5.74) is 8.18. The van der Waals surface area contributed by atoms with Crippen LogP contribution in [-0.2, 0) is 4.79 Å². The lowest BCUT2D eigenvalue weighted by molar-refractivity contribution is -0.115. The summed E-state index contributed by atoms with van der Waals surface area (Å²) in [6.45, 7) is 2.08. The number of nitrogens with zero attached hydrogens (tertiary/aromatic N) is 1. The Hall–Kier alpha value is -1.12. The number of rotatable bonds is 3. The Kier molecular flexibility index (Phi) is 3.86. The molecule has 3 heteroatoms. The van der Waals surface area contributed by atoms with Crippen LogP contribution in [0.4, 0.5) is 0 Å². The van der Waals surface area contributed by atoms with Crippen LogP contribution in [0, 0.1) is 0 Å². The third-order valence-corrected chi connectivity index (χ3v) is 2.50. The quantitative estimate of drug-likeness (QED) is 0.697. The molecular formula is C11H18N2O. The Balaban J connectivity index is 2.97. The number of Topliss-reactive ketones (excluding diaryl/α,β-unsaturated/α-hetero) is 1. The summed E-state index contributed by atoms with van der Waals surface area (Å²) in [7, 11) is 1.73. The van der Waals surface area contributed by atoms with Crippen LogP contribution in [0.2, 0.25) is 0 Å². The van der Waals surface area contributed by atoms with E-state index in [1.807, 2.05) is 0 Å². The molecule has 0 aromatic carbocycles. The van der Waals surface area contributed by atoms with Gasteiger partial charge in [0.15, 0.2) is 5.78 Å². The third kappa shape index (κ3) is 2.22. The summed E-state index contributed by atoms with van der Waals surface area (Å²) in [4.78, 5) is 15.8. The molecule has 0 fully saturated rings. The molecule has 14 heavy (non-hydrogen) atoms. The van der Waals surface area contributed by atoms with Gasteiger partial charge >= 0.3 is 0 Å². The van der Waals surface area contributed by atoms with Crippen LogP contribution in [0.3, 0.4) is 0 Å². The summed E-state index contributed by atoms with van der Waals surface area (Å²) in [6.07, 6.45) is 4.19. The molecule has 78 valence electrons. The lowest BCUT2D eigenvalue weighted by atomic mass is 9.90. The highest BCUT2D eigenvalue weighted by Crippen LogP contribution is 2.21. The number of hydrogen-bond acceptors (Lipinski definition) is 3. The summed E-state index contributed by atoms with van der Waals surface area (Å²) in [6, 6.07) is 0. The van der Waals surface area contributed by atoms with E-state index < -0.39 is 0 Å². The zero-order valence-corrected chi connectivity index (χ0v) is 8.97. The standard InChI is InChI=1S/C11H18N2O/c1-3-5-9(13-2)11-8(12)6-4-7-10(11)14/h3-7,12H2,1-2H3. The van der Waals surface area contributed by atoms with Gasteiger partial charge in [-0.25, -0.2) is 0 Å². The van der Waals surface area contributed by atoms with E-state index in [4.69, 9.17) is 5.73 Å². The molecule has 0 heterocycles. The molecule has 0 spiro atoms. The minimum absolute atomic E-state index is 0.169. The van der Waals surface area contributed by atoms with Gasteiger partial charge in [-0.15, -0.1) is 0 Å². The second kappa shape index (κ2) is 4.94. The maximum Gasteiger partial charge on any atom is 0.166 e. The van der Waals surface area contributed by atoms with E-state index in [2.05, 4.69) is 11.9 Å². The highest BCUT2D eigenvalue weighted by Gasteiger charge is 2.22. The number of carbonyl (C=O) groups is 1. The molecule has 1 rings (SSSR count). The van der Waals surface area contributed by atoms with Crippen molar-refractivity contribution in [1.29, 1.82) is 0 Å². The van der Waals surface area contributed by atoms with Crippen molar-refractivity contribution in [3.63, 3.8) is 0 Å². The number of aliphatic imine (C=N–C) groups is 1. The first-order valence-corrected chi connectivity index (χ1v) is 5.18. The predicted molar refractivity (Wildman–Crippen MR) is 58.3 cm³/mol. The second-order valence-corrected chi connectivity index (χ2v) is 3.60. The highest BCUT2D eigenvalue weighted by atomic mass is 16.1. The third-order valence-electron chi connectivity index (χ3n) is 2.50. The summed E-state index contributed by atoms with van der Waals surface area (Å²) < 4.78 is 0. The van der Waals surface area contributed by atoms with Gasteiger partial charge in [-0.1, -0.05) is 13.3 Å². The fraction of sp³-hybridized carbons (Fsp3) is 0.636. The van der Waals surface area contributed by atoms with E-state index in [0.29, 0.717) is 12.0 Å². The highest BCUT2D eigenvalue weighted by molar-refractivity contribution is 6.23. The molecule has 0 aromatic heterocycles. The van der Waals surface area contributed by atoms with Gasteiger partial charge < -0.3 is 5.73 Å². The number of allylic oxidation sites excluding steroid dienone is 2. The Labute approximate surface area is 85.1 Å². The summed E-state index contributed by atoms with van der Waals surface area (Å²) in [5.74, 6) is 0.169. The molecule has 0 aliphatic heterocycles. The van der Waals surface area contributed by atoms with Crippen LogP contribution in [0.1, 0.15) is 39.0 Å². The minimum atomic E-state index is 0.169. The molecule has 0 saturated carbocycles. The Morgan fingerprint density at radius 1 is 1.50 bits per heavy atom. The number of carbonyl (C=O) groups excluding carboxylic acids is 1. The van der Waals surface area contributed by atoms with Crippen molar-refractivity contribution in [2.24, 2.45) is 10.7 Å². The first kappa shape index (κ1) is 11.0. The van der Waals surface area contributed by atoms with Crippen LogP contribution < -0.4 is 5.73 Å². The van der Waals surface area contributed by atoms with Crippen molar-refractivity contribution in [2.45, 2.75) is 39.0 Å². The Morgan fingerprint density at radius 2 is 2.21 bits per heavy atom. The fourth-order valence-corrected chi connectivity index (χ4v) is 1.80. The maximum absolute atomic E-state index is 11.7. The molecule has 0 unspecified atom stereocenters. The van der Waals surface area contributed by atoms with Gasteiger partial charge in [-0.3, -0.25) is 9.79 Å². The molecule has 1 aliphatic rings. The summed E-state index contributed by atoms with van der Waals surface area (Å²) in [5, 5.41) is 0. The molecule has 1 aliphatic carbocycles. The molecule has 0 saturated heterocycles. The molecule has 0 radical (unpaired) electrons. The van der Waals surface area contributed by atoms with Gasteiger partial charge in [-0.2, -0.15) is 0 Å². The van der Waals surface area contributed by atoms with E-state index >= 15 is 0 Å². The zero-order valence-electron chi connectivity index (χ0n) is 8.97. The van der Waals surface area contributed by atoms with Crippen LogP contribution in [0.25, 0.3) is 0 Å². The van der Waals surface area contributed by atoms with Crippen molar-refractivity contribution < 1.29 is 4.79 Å². The number of nitrogens with two attached hydrogens (primary N) is 1. The second-order valence-electron chi connectivity index (χ2n) is 3.60. The van der Waals surface area contributed by atoms with E-state index in [1.54, 1.807) is 7.05 Å². The largest absolute Gasteiger partial charge is 0.401 e. The first-order chi connectivity index (χ1) is 6.70. The van der Waals surface area contributed by atoms with E-state index in [1.165, 1.54) is 0 Å². The Morgan fingerprint density at radius 3 is 2.71 bits per heavy atom.